The Morgan fingerprint density at radius 3 is 2.14 bits per heavy atom. The summed E-state index contributed by atoms with van der Waals surface area (Å²) in [6, 6.07) is 2.20. The van der Waals surface area contributed by atoms with E-state index in [4.69, 9.17) is 6.42 Å². The van der Waals surface area contributed by atoms with Crippen LogP contribution in [0.4, 0.5) is 0 Å². The van der Waals surface area contributed by atoms with Gasteiger partial charge < -0.3 is 0 Å². The van der Waals surface area contributed by atoms with Crippen molar-refractivity contribution in [3.05, 3.63) is 40.3 Å². The Morgan fingerprint density at radius 1 is 1.07 bits per heavy atom. The van der Waals surface area contributed by atoms with Gasteiger partial charge in [-0.25, -0.2) is 0 Å². The second kappa shape index (κ2) is 3.88. The van der Waals surface area contributed by atoms with Gasteiger partial charge >= 0.3 is 0 Å². The lowest BCUT2D eigenvalue weighted by atomic mass is 9.88. The first kappa shape index (κ1) is 10.9. The lowest BCUT2D eigenvalue weighted by molar-refractivity contribution is 0.957. The van der Waals surface area contributed by atoms with Crippen molar-refractivity contribution in [1.29, 1.82) is 0 Å². The van der Waals surface area contributed by atoms with Crippen LogP contribution in [0.2, 0.25) is 0 Å². The molecular formula is C14H17. The molecule has 14 heavy (non-hydrogen) atoms. The molecule has 73 valence electrons. The molecule has 0 N–H and O–H groups in total. The van der Waals surface area contributed by atoms with E-state index in [1.807, 2.05) is 6.92 Å². The van der Waals surface area contributed by atoms with Crippen LogP contribution in [0.3, 0.4) is 0 Å². The van der Waals surface area contributed by atoms with Crippen molar-refractivity contribution in [1.82, 2.24) is 0 Å². The molecule has 0 heteroatoms. The van der Waals surface area contributed by atoms with Gasteiger partial charge in [-0.05, 0) is 68.9 Å². The van der Waals surface area contributed by atoms with Gasteiger partial charge in [0.25, 0.3) is 0 Å². The highest BCUT2D eigenvalue weighted by Gasteiger charge is 2.12. The molecule has 0 saturated heterocycles. The molecule has 0 aliphatic carbocycles. The molecule has 1 rings (SSSR count). The average molecular weight is 185 g/mol. The number of rotatable bonds is 1. The van der Waals surface area contributed by atoms with Gasteiger partial charge in [0.1, 0.15) is 0 Å². The minimum Gasteiger partial charge on any atom is -0.0812 e. The van der Waals surface area contributed by atoms with Crippen LogP contribution in [0.5, 0.6) is 0 Å². The van der Waals surface area contributed by atoms with Crippen LogP contribution >= 0.6 is 0 Å². The highest BCUT2D eigenvalue weighted by molar-refractivity contribution is 5.47. The summed E-state index contributed by atoms with van der Waals surface area (Å²) in [5.41, 5.74) is 6.53. The molecule has 0 nitrogen and oxygen atoms in total. The van der Waals surface area contributed by atoms with Crippen LogP contribution in [0, 0.1) is 40.0 Å². The average Bonchev–Trinajstić information content (AvgIpc) is 2.14. The van der Waals surface area contributed by atoms with Gasteiger partial charge in [0.2, 0.25) is 0 Å². The van der Waals surface area contributed by atoms with Crippen molar-refractivity contribution in [2.75, 3.05) is 0 Å². The van der Waals surface area contributed by atoms with E-state index in [1.54, 1.807) is 0 Å². The van der Waals surface area contributed by atoms with Crippen LogP contribution in [-0.4, -0.2) is 0 Å². The first-order valence-corrected chi connectivity index (χ1v) is 4.98. The number of benzene rings is 1. The molecule has 0 bridgehead atoms. The molecule has 1 unspecified atom stereocenters. The Kier molecular flexibility index (Phi) is 3.01. The molecule has 1 radical (unpaired) electrons. The third kappa shape index (κ3) is 1.68. The summed E-state index contributed by atoms with van der Waals surface area (Å²) in [4.78, 5) is 0. The highest BCUT2D eigenvalue weighted by atomic mass is 14.2. The topological polar surface area (TPSA) is 0 Å². The summed E-state index contributed by atoms with van der Waals surface area (Å²) in [6.45, 7) is 10.6. The molecule has 0 amide bonds. The number of hydrogen-bond donors (Lipinski definition) is 0. The zero-order valence-electron chi connectivity index (χ0n) is 9.65. The minimum atomic E-state index is 0.106. The quantitative estimate of drug-likeness (QED) is 0.586. The first-order valence-electron chi connectivity index (χ1n) is 4.98. The van der Waals surface area contributed by atoms with Gasteiger partial charge in [-0.1, -0.05) is 12.0 Å². The van der Waals surface area contributed by atoms with E-state index >= 15 is 0 Å². The summed E-state index contributed by atoms with van der Waals surface area (Å²) in [6.07, 6.45) is 7.21. The van der Waals surface area contributed by atoms with Crippen LogP contribution in [-0.2, 0) is 0 Å². The lowest BCUT2D eigenvalue weighted by Crippen LogP contribution is -2.01. The Balaban J connectivity index is 3.45. The summed E-state index contributed by atoms with van der Waals surface area (Å²) < 4.78 is 0. The van der Waals surface area contributed by atoms with E-state index in [0.29, 0.717) is 0 Å². The second-order valence-corrected chi connectivity index (χ2v) is 4.04. The maximum absolute atomic E-state index is 7.21. The fourth-order valence-electron chi connectivity index (χ4n) is 2.04. The van der Waals surface area contributed by atoms with Gasteiger partial charge in [-0.3, -0.25) is 0 Å². The number of hydrogen-bond acceptors (Lipinski definition) is 0. The zero-order chi connectivity index (χ0) is 10.9. The van der Waals surface area contributed by atoms with E-state index < -0.39 is 0 Å². The van der Waals surface area contributed by atoms with Gasteiger partial charge in [0, 0.05) is 5.92 Å². The van der Waals surface area contributed by atoms with Gasteiger partial charge in [0.05, 0.1) is 0 Å². The van der Waals surface area contributed by atoms with Crippen molar-refractivity contribution in [2.45, 2.75) is 40.5 Å². The summed E-state index contributed by atoms with van der Waals surface area (Å²) >= 11 is 0. The predicted molar refractivity (Wildman–Crippen MR) is 60.9 cm³/mol. The summed E-state index contributed by atoms with van der Waals surface area (Å²) in [5.74, 6) is 2.67. The third-order valence-corrected chi connectivity index (χ3v) is 3.07. The largest absolute Gasteiger partial charge is 0.0812 e. The van der Waals surface area contributed by atoms with E-state index in [2.05, 4.69) is 39.7 Å². The lowest BCUT2D eigenvalue weighted by Gasteiger charge is -2.17. The smallest absolute Gasteiger partial charge is 0.0439 e. The van der Waals surface area contributed by atoms with Crippen LogP contribution in [0.1, 0.15) is 40.7 Å². The maximum Gasteiger partial charge on any atom is 0.0439 e. The van der Waals surface area contributed by atoms with E-state index in [0.717, 1.165) is 0 Å². The summed E-state index contributed by atoms with van der Waals surface area (Å²) in [7, 11) is 0. The van der Waals surface area contributed by atoms with Crippen molar-refractivity contribution in [3.8, 4) is 5.92 Å². The fraction of sp³-hybridized carbons (Fsp3) is 0.429. The van der Waals surface area contributed by atoms with Crippen molar-refractivity contribution >= 4 is 0 Å². The Morgan fingerprint density at radius 2 is 1.64 bits per heavy atom. The summed E-state index contributed by atoms with van der Waals surface area (Å²) in [5, 5.41) is 0. The normalized spacial score (nSPS) is 12.3. The first-order chi connectivity index (χ1) is 6.49. The van der Waals surface area contributed by atoms with Crippen LogP contribution in [0.25, 0.3) is 0 Å². The Labute approximate surface area is 87.4 Å². The van der Waals surface area contributed by atoms with Gasteiger partial charge in [0.15, 0.2) is 0 Å². The van der Waals surface area contributed by atoms with E-state index in [-0.39, 0.29) is 5.92 Å². The van der Waals surface area contributed by atoms with Gasteiger partial charge in [-0.2, -0.15) is 0 Å². The molecule has 1 atom stereocenters. The zero-order valence-corrected chi connectivity index (χ0v) is 9.65. The van der Waals surface area contributed by atoms with Gasteiger partial charge in [-0.15, -0.1) is 0 Å². The van der Waals surface area contributed by atoms with Crippen molar-refractivity contribution in [2.24, 2.45) is 0 Å². The molecule has 0 aliphatic heterocycles. The molecule has 1 aromatic carbocycles. The molecule has 0 fully saturated rings. The predicted octanol–water partition coefficient (Wildman–Crippen LogP) is 3.61. The Hall–Kier alpha value is -1.22. The standard InChI is InChI=1S/C14H17/c1-7-9(2)14-11(4)8-10(3)12(5)13(14)6/h8-9H,2-6H3. The van der Waals surface area contributed by atoms with E-state index in [9.17, 15) is 0 Å². The third-order valence-electron chi connectivity index (χ3n) is 3.07. The molecule has 0 aromatic heterocycles. The monoisotopic (exact) mass is 185 g/mol. The molecule has 0 aliphatic rings. The SMILES string of the molecule is [C]#CC(C)c1c(C)cc(C)c(C)c1C. The van der Waals surface area contributed by atoms with Crippen molar-refractivity contribution in [3.63, 3.8) is 0 Å². The molecule has 0 spiro atoms. The molecular weight excluding hydrogens is 168 g/mol. The molecule has 0 heterocycles. The minimum absolute atomic E-state index is 0.106. The number of aryl methyl sites for hydroxylation is 2. The molecule has 1 aromatic rings. The van der Waals surface area contributed by atoms with Crippen LogP contribution in [0.15, 0.2) is 6.07 Å². The Bertz CT molecular complexity index is 391. The highest BCUT2D eigenvalue weighted by Crippen LogP contribution is 2.27. The fourth-order valence-corrected chi connectivity index (χ4v) is 2.04. The van der Waals surface area contributed by atoms with Crippen LogP contribution < -0.4 is 0 Å². The van der Waals surface area contributed by atoms with E-state index in [1.165, 1.54) is 27.8 Å². The van der Waals surface area contributed by atoms with Crippen molar-refractivity contribution < 1.29 is 0 Å². The second-order valence-electron chi connectivity index (χ2n) is 4.04. The molecule has 0 saturated carbocycles. The maximum atomic E-state index is 7.21.